The quantitative estimate of drug-likeness (QED) is 0.0697. The van der Waals surface area contributed by atoms with Crippen LogP contribution in [0.4, 0.5) is 23.2 Å². The number of aromatic nitrogens is 1. The number of nitrogens with two attached hydrogens (primary N) is 1. The lowest BCUT2D eigenvalue weighted by Gasteiger charge is -2.22. The van der Waals surface area contributed by atoms with Crippen molar-refractivity contribution >= 4 is 34.4 Å². The Hall–Kier alpha value is -5.66. The average molecular weight is 781 g/mol. The summed E-state index contributed by atoms with van der Waals surface area (Å²) in [4.78, 5) is 39.7. The Morgan fingerprint density at radius 3 is 2.39 bits per heavy atom. The zero-order valence-electron chi connectivity index (χ0n) is 31.7. The Morgan fingerprint density at radius 2 is 1.77 bits per heavy atom. The molecule has 1 aromatic heterocycles. The van der Waals surface area contributed by atoms with Gasteiger partial charge in [-0.05, 0) is 68.4 Å². The van der Waals surface area contributed by atoms with Gasteiger partial charge >= 0.3 is 12.1 Å². The standard InChI is InChI=1S/C17H15NO2.C14H15F4N3O2.C11H18O2/c1-19-13-8-9-14-16(10-13)18-15(11-17(14)20-2)12-6-4-3-5-7-12;15-9-4-8(14(16,17)18)5-10(6-9)20-7-12(22)21-3-1-2-11(21)13(19)23;1-2-3-4-5-6-7-9-8-10(9)11(12)13/h3-11H,1-2H3;4-6,11,20H,1-3,7H2,(H2,19,23);6-7,9-10H,2-5,8H2,1H3,(H,12,13)/b;;7-6-/t;11-;9-,10+/m.01/s1. The van der Waals surface area contributed by atoms with Crippen molar-refractivity contribution in [3.8, 4) is 22.8 Å². The van der Waals surface area contributed by atoms with E-state index in [0.717, 1.165) is 52.6 Å². The summed E-state index contributed by atoms with van der Waals surface area (Å²) in [6, 6.07) is 19.1. The molecule has 0 unspecified atom stereocenters. The zero-order valence-corrected chi connectivity index (χ0v) is 31.7. The molecule has 10 nitrogen and oxygen atoms in total. The number of allylic oxidation sites excluding steroid dienone is 2. The minimum absolute atomic E-state index is 0.0811. The van der Waals surface area contributed by atoms with Crippen molar-refractivity contribution in [1.29, 1.82) is 0 Å². The Kier molecular flexibility index (Phi) is 15.6. The first-order valence-electron chi connectivity index (χ1n) is 18.4. The number of hydrogen-bond donors (Lipinski definition) is 3. The molecular formula is C42H48F4N4O6. The van der Waals surface area contributed by atoms with Crippen LogP contribution in [0.2, 0.25) is 0 Å². The van der Waals surface area contributed by atoms with E-state index in [4.69, 9.17) is 25.3 Å². The summed E-state index contributed by atoms with van der Waals surface area (Å²) < 4.78 is 61.8. The molecule has 300 valence electrons. The van der Waals surface area contributed by atoms with E-state index in [9.17, 15) is 31.9 Å². The number of nitrogens with one attached hydrogen (secondary N) is 1. The van der Waals surface area contributed by atoms with Crippen LogP contribution in [-0.2, 0) is 20.6 Å². The number of carbonyl (C=O) groups is 3. The number of anilines is 1. The molecule has 56 heavy (non-hydrogen) atoms. The molecule has 6 rings (SSSR count). The number of nitrogens with zero attached hydrogens (tertiary/aromatic N) is 2. The SMILES string of the molecule is CCCCC/C=C\[C@@H]1C[C@@H]1C(=O)O.COc1ccc2c(OC)cc(-c3ccccc3)nc2c1.NC(=O)[C@@H]1CCCN1C(=O)CNc1cc(F)cc(C(F)(F)F)c1. The number of rotatable bonds is 13. The van der Waals surface area contributed by atoms with Gasteiger partial charge in [-0.2, -0.15) is 13.2 Å². The molecule has 1 saturated carbocycles. The van der Waals surface area contributed by atoms with Gasteiger partial charge in [-0.1, -0.05) is 62.2 Å². The second-order valence-corrected chi connectivity index (χ2v) is 13.5. The number of carboxylic acids is 1. The van der Waals surface area contributed by atoms with Gasteiger partial charge in [0.25, 0.3) is 0 Å². The summed E-state index contributed by atoms with van der Waals surface area (Å²) in [6.45, 7) is 2.18. The number of amides is 2. The number of carbonyl (C=O) groups excluding carboxylic acids is 2. The van der Waals surface area contributed by atoms with E-state index in [-0.39, 0.29) is 18.2 Å². The molecule has 0 bridgehead atoms. The Balaban J connectivity index is 0.000000194. The molecule has 0 radical (unpaired) electrons. The van der Waals surface area contributed by atoms with E-state index in [1.165, 1.54) is 24.2 Å². The molecule has 4 aromatic rings. The number of carboxylic acid groups (broad SMARTS) is 1. The van der Waals surface area contributed by atoms with Gasteiger partial charge in [0.2, 0.25) is 11.8 Å². The van der Waals surface area contributed by atoms with Crippen molar-refractivity contribution in [2.24, 2.45) is 17.6 Å². The van der Waals surface area contributed by atoms with E-state index in [2.05, 4.69) is 24.4 Å². The highest BCUT2D eigenvalue weighted by atomic mass is 19.4. The van der Waals surface area contributed by atoms with E-state index in [0.29, 0.717) is 37.4 Å². The third kappa shape index (κ3) is 12.4. The second-order valence-electron chi connectivity index (χ2n) is 13.5. The highest BCUT2D eigenvalue weighted by Crippen LogP contribution is 2.40. The maximum atomic E-state index is 13.3. The Bertz CT molecular complexity index is 1970. The first-order chi connectivity index (χ1) is 26.7. The summed E-state index contributed by atoms with van der Waals surface area (Å²) in [6.07, 6.45) is 6.32. The van der Waals surface area contributed by atoms with Crippen LogP contribution in [0.25, 0.3) is 22.2 Å². The van der Waals surface area contributed by atoms with Crippen LogP contribution in [0.1, 0.15) is 57.4 Å². The average Bonchev–Trinajstić information content (AvgIpc) is 3.79. The van der Waals surface area contributed by atoms with Gasteiger partial charge in [-0.15, -0.1) is 0 Å². The fraction of sp³-hybridized carbons (Fsp3) is 0.381. The summed E-state index contributed by atoms with van der Waals surface area (Å²) in [5.74, 6) is -0.949. The number of primary amides is 1. The minimum atomic E-state index is -4.69. The maximum absolute atomic E-state index is 13.3. The van der Waals surface area contributed by atoms with Gasteiger partial charge in [0.05, 0.1) is 43.5 Å². The van der Waals surface area contributed by atoms with Crippen LogP contribution in [0.3, 0.4) is 0 Å². The van der Waals surface area contributed by atoms with Crippen molar-refractivity contribution in [3.05, 3.63) is 96.3 Å². The number of unbranched alkanes of at least 4 members (excludes halogenated alkanes) is 3. The zero-order chi connectivity index (χ0) is 40.8. The molecule has 1 saturated heterocycles. The van der Waals surface area contributed by atoms with Crippen molar-refractivity contribution < 1.29 is 46.5 Å². The van der Waals surface area contributed by atoms with Gasteiger partial charge < -0.3 is 30.5 Å². The van der Waals surface area contributed by atoms with Crippen molar-refractivity contribution in [3.63, 3.8) is 0 Å². The first-order valence-corrected chi connectivity index (χ1v) is 18.4. The molecule has 0 spiro atoms. The summed E-state index contributed by atoms with van der Waals surface area (Å²) in [5, 5.41) is 12.1. The first kappa shape index (κ1) is 43.1. The number of alkyl halides is 3. The molecule has 2 amide bonds. The van der Waals surface area contributed by atoms with E-state index < -0.39 is 41.4 Å². The second kappa shape index (κ2) is 20.3. The Labute approximate surface area is 323 Å². The predicted octanol–water partition coefficient (Wildman–Crippen LogP) is 8.50. The summed E-state index contributed by atoms with van der Waals surface area (Å²) in [7, 11) is 3.33. The van der Waals surface area contributed by atoms with Crippen molar-refractivity contribution in [2.45, 2.75) is 64.1 Å². The number of halogens is 4. The van der Waals surface area contributed by atoms with E-state index >= 15 is 0 Å². The molecule has 4 N–H and O–H groups in total. The molecule has 2 heterocycles. The molecule has 1 aliphatic heterocycles. The third-order valence-electron chi connectivity index (χ3n) is 9.35. The van der Waals surface area contributed by atoms with Gasteiger partial charge in [0, 0.05) is 35.3 Å². The number of methoxy groups -OCH3 is 2. The van der Waals surface area contributed by atoms with Crippen LogP contribution in [0.5, 0.6) is 11.5 Å². The highest BCUT2D eigenvalue weighted by Gasteiger charge is 2.41. The number of benzene rings is 3. The lowest BCUT2D eigenvalue weighted by Crippen LogP contribution is -2.45. The van der Waals surface area contributed by atoms with Gasteiger partial charge in [-0.25, -0.2) is 9.37 Å². The van der Waals surface area contributed by atoms with Crippen LogP contribution in [-0.4, -0.2) is 66.1 Å². The maximum Gasteiger partial charge on any atom is 0.416 e. The molecule has 3 atom stereocenters. The normalized spacial score (nSPS) is 17.3. The number of likely N-dealkylation sites (tertiary alicyclic amines) is 1. The number of aliphatic carboxylic acids is 1. The third-order valence-corrected chi connectivity index (χ3v) is 9.35. The van der Waals surface area contributed by atoms with Gasteiger partial charge in [-0.3, -0.25) is 14.4 Å². The van der Waals surface area contributed by atoms with Gasteiger partial charge in [0.15, 0.2) is 0 Å². The molecule has 3 aromatic carbocycles. The van der Waals surface area contributed by atoms with E-state index in [1.807, 2.05) is 54.6 Å². The van der Waals surface area contributed by atoms with Crippen LogP contribution < -0.4 is 20.5 Å². The summed E-state index contributed by atoms with van der Waals surface area (Å²) in [5.41, 5.74) is 6.70. The number of fused-ring (bicyclic) bond motifs is 1. The van der Waals surface area contributed by atoms with E-state index in [1.54, 1.807) is 14.2 Å². The fourth-order valence-electron chi connectivity index (χ4n) is 6.22. The minimum Gasteiger partial charge on any atom is -0.497 e. The molecule has 2 fully saturated rings. The molecule has 14 heteroatoms. The Morgan fingerprint density at radius 1 is 1.02 bits per heavy atom. The van der Waals surface area contributed by atoms with Crippen LogP contribution >= 0.6 is 0 Å². The lowest BCUT2D eigenvalue weighted by atomic mass is 10.1. The number of pyridine rings is 1. The number of ether oxygens (including phenoxy) is 2. The molecule has 1 aliphatic carbocycles. The monoisotopic (exact) mass is 780 g/mol. The van der Waals surface area contributed by atoms with Crippen LogP contribution in [0.15, 0.2) is 84.9 Å². The van der Waals surface area contributed by atoms with Crippen LogP contribution in [0, 0.1) is 17.7 Å². The van der Waals surface area contributed by atoms with Crippen molar-refractivity contribution in [2.75, 3.05) is 32.6 Å². The number of hydrogen-bond acceptors (Lipinski definition) is 7. The lowest BCUT2D eigenvalue weighted by molar-refractivity contribution is -0.139. The topological polar surface area (TPSA) is 144 Å². The predicted molar refractivity (Wildman–Crippen MR) is 207 cm³/mol. The molecule has 2 aliphatic rings. The summed E-state index contributed by atoms with van der Waals surface area (Å²) >= 11 is 0. The largest absolute Gasteiger partial charge is 0.497 e. The molecular weight excluding hydrogens is 732 g/mol. The fourth-order valence-corrected chi connectivity index (χ4v) is 6.22. The van der Waals surface area contributed by atoms with Crippen molar-refractivity contribution in [1.82, 2.24) is 9.88 Å². The van der Waals surface area contributed by atoms with Gasteiger partial charge in [0.1, 0.15) is 23.4 Å². The smallest absolute Gasteiger partial charge is 0.416 e. The highest BCUT2D eigenvalue weighted by molar-refractivity contribution is 5.90.